The number of aromatic nitrogens is 1. The van der Waals surface area contributed by atoms with E-state index in [4.69, 9.17) is 4.42 Å². The number of aryl methyl sites for hydroxylation is 1. The lowest BCUT2D eigenvalue weighted by Gasteiger charge is -2.18. The lowest BCUT2D eigenvalue weighted by Crippen LogP contribution is -2.15. The van der Waals surface area contributed by atoms with Gasteiger partial charge in [0.15, 0.2) is 16.1 Å². The first-order chi connectivity index (χ1) is 13.3. The molecular formula is C21H22N2O4S. The SMILES string of the molecule is CCSc1oc2c(C(C)Nc3ccccc3C(=O)O)nc(C)cc2c(=O)c1C. The van der Waals surface area contributed by atoms with E-state index in [9.17, 15) is 14.7 Å². The van der Waals surface area contributed by atoms with Gasteiger partial charge < -0.3 is 14.8 Å². The Morgan fingerprint density at radius 1 is 1.32 bits per heavy atom. The van der Waals surface area contributed by atoms with Crippen LogP contribution in [-0.4, -0.2) is 21.8 Å². The van der Waals surface area contributed by atoms with Gasteiger partial charge in [-0.05, 0) is 44.7 Å². The maximum Gasteiger partial charge on any atom is 0.337 e. The second kappa shape index (κ2) is 8.06. The summed E-state index contributed by atoms with van der Waals surface area (Å²) in [4.78, 5) is 28.9. The molecule has 3 rings (SSSR count). The Morgan fingerprint density at radius 2 is 2.04 bits per heavy atom. The number of carboxylic acids is 1. The Kier molecular flexibility index (Phi) is 5.74. The summed E-state index contributed by atoms with van der Waals surface area (Å²) >= 11 is 1.47. The monoisotopic (exact) mass is 398 g/mol. The predicted octanol–water partition coefficient (Wildman–Crippen LogP) is 4.79. The molecule has 0 aliphatic carbocycles. The molecular weight excluding hydrogens is 376 g/mol. The zero-order valence-corrected chi connectivity index (χ0v) is 17.0. The van der Waals surface area contributed by atoms with E-state index in [1.165, 1.54) is 11.8 Å². The van der Waals surface area contributed by atoms with Gasteiger partial charge in [0, 0.05) is 16.9 Å². The number of nitrogens with zero attached hydrogens (tertiary/aromatic N) is 1. The van der Waals surface area contributed by atoms with Gasteiger partial charge in [0.2, 0.25) is 0 Å². The molecule has 0 saturated heterocycles. The van der Waals surface area contributed by atoms with Crippen molar-refractivity contribution >= 4 is 34.4 Å². The number of benzene rings is 1. The molecule has 0 aliphatic heterocycles. The number of carbonyl (C=O) groups is 1. The van der Waals surface area contributed by atoms with Crippen molar-refractivity contribution in [3.05, 3.63) is 63.1 Å². The van der Waals surface area contributed by atoms with E-state index in [2.05, 4.69) is 10.3 Å². The van der Waals surface area contributed by atoms with Crippen molar-refractivity contribution in [1.82, 2.24) is 4.98 Å². The Labute approximate surface area is 167 Å². The summed E-state index contributed by atoms with van der Waals surface area (Å²) in [6.07, 6.45) is 0. The highest BCUT2D eigenvalue weighted by molar-refractivity contribution is 7.99. The highest BCUT2D eigenvalue weighted by atomic mass is 32.2. The van der Waals surface area contributed by atoms with E-state index in [-0.39, 0.29) is 17.0 Å². The molecule has 0 saturated carbocycles. The molecule has 1 atom stereocenters. The molecule has 2 heterocycles. The lowest BCUT2D eigenvalue weighted by molar-refractivity contribution is 0.0698. The van der Waals surface area contributed by atoms with Gasteiger partial charge in [-0.15, -0.1) is 0 Å². The van der Waals surface area contributed by atoms with Gasteiger partial charge >= 0.3 is 5.97 Å². The molecule has 0 spiro atoms. The van der Waals surface area contributed by atoms with Crippen LogP contribution in [-0.2, 0) is 0 Å². The maximum atomic E-state index is 12.9. The van der Waals surface area contributed by atoms with Crippen molar-refractivity contribution in [2.45, 2.75) is 38.8 Å². The molecule has 1 aromatic carbocycles. The number of hydrogen-bond donors (Lipinski definition) is 2. The zero-order chi connectivity index (χ0) is 20.4. The van der Waals surface area contributed by atoms with Crippen molar-refractivity contribution in [2.24, 2.45) is 0 Å². The van der Waals surface area contributed by atoms with E-state index in [0.717, 1.165) is 5.75 Å². The van der Waals surface area contributed by atoms with Crippen LogP contribution >= 0.6 is 11.8 Å². The molecule has 0 amide bonds. The number of para-hydroxylation sites is 1. The Balaban J connectivity index is 2.14. The van der Waals surface area contributed by atoms with Crippen LogP contribution in [0.25, 0.3) is 11.0 Å². The van der Waals surface area contributed by atoms with Crippen LogP contribution in [0.1, 0.15) is 47.2 Å². The second-order valence-electron chi connectivity index (χ2n) is 6.52. The molecule has 146 valence electrons. The topological polar surface area (TPSA) is 92.4 Å². The van der Waals surface area contributed by atoms with E-state index < -0.39 is 5.97 Å². The number of pyridine rings is 1. The standard InChI is InChI=1S/C21H22N2O4S/c1-5-28-21-12(3)18(24)15-10-11(2)22-17(19(15)27-21)13(4)23-16-9-7-6-8-14(16)20(25)26/h6-10,13,23H,5H2,1-4H3,(H,25,26). The first-order valence-corrected chi connectivity index (χ1v) is 9.98. The molecule has 0 aliphatic rings. The predicted molar refractivity (Wildman–Crippen MR) is 112 cm³/mol. The van der Waals surface area contributed by atoms with Gasteiger partial charge in [0.1, 0.15) is 5.69 Å². The van der Waals surface area contributed by atoms with E-state index in [0.29, 0.717) is 38.7 Å². The highest BCUT2D eigenvalue weighted by Gasteiger charge is 2.20. The number of thioether (sulfide) groups is 1. The molecule has 7 heteroatoms. The number of rotatable bonds is 6. The average molecular weight is 398 g/mol. The first kappa shape index (κ1) is 19.9. The molecule has 1 unspecified atom stereocenters. The van der Waals surface area contributed by atoms with Crippen molar-refractivity contribution < 1.29 is 14.3 Å². The van der Waals surface area contributed by atoms with Crippen LogP contribution in [0, 0.1) is 13.8 Å². The van der Waals surface area contributed by atoms with E-state index in [1.807, 2.05) is 20.8 Å². The molecule has 28 heavy (non-hydrogen) atoms. The van der Waals surface area contributed by atoms with Gasteiger partial charge in [0.25, 0.3) is 0 Å². The Morgan fingerprint density at radius 3 is 2.71 bits per heavy atom. The van der Waals surface area contributed by atoms with Gasteiger partial charge in [-0.2, -0.15) is 0 Å². The molecule has 6 nitrogen and oxygen atoms in total. The number of nitrogens with one attached hydrogen (secondary N) is 1. The molecule has 3 aromatic rings. The lowest BCUT2D eigenvalue weighted by atomic mass is 10.1. The largest absolute Gasteiger partial charge is 0.478 e. The summed E-state index contributed by atoms with van der Waals surface area (Å²) in [6.45, 7) is 7.45. The minimum absolute atomic E-state index is 0.0675. The summed E-state index contributed by atoms with van der Waals surface area (Å²) in [5, 5.41) is 13.7. The Bertz CT molecular complexity index is 1110. The van der Waals surface area contributed by atoms with Crippen LogP contribution in [0.3, 0.4) is 0 Å². The summed E-state index contributed by atoms with van der Waals surface area (Å²) in [7, 11) is 0. The zero-order valence-electron chi connectivity index (χ0n) is 16.2. The van der Waals surface area contributed by atoms with Crippen molar-refractivity contribution in [3.8, 4) is 0 Å². The minimum atomic E-state index is -1.01. The summed E-state index contributed by atoms with van der Waals surface area (Å²) in [6, 6.07) is 8.05. The fraction of sp³-hybridized carbons (Fsp3) is 0.286. The van der Waals surface area contributed by atoms with E-state index >= 15 is 0 Å². The number of fused-ring (bicyclic) bond motifs is 1. The van der Waals surface area contributed by atoms with Crippen molar-refractivity contribution in [3.63, 3.8) is 0 Å². The van der Waals surface area contributed by atoms with Crippen molar-refractivity contribution in [2.75, 3.05) is 11.1 Å². The number of aromatic carboxylic acids is 1. The molecule has 2 N–H and O–H groups in total. The smallest absolute Gasteiger partial charge is 0.337 e. The average Bonchev–Trinajstić information content (AvgIpc) is 2.66. The maximum absolute atomic E-state index is 12.9. The van der Waals surface area contributed by atoms with Crippen molar-refractivity contribution in [1.29, 1.82) is 0 Å². The minimum Gasteiger partial charge on any atom is -0.478 e. The van der Waals surface area contributed by atoms with Crippen LogP contribution in [0.4, 0.5) is 5.69 Å². The van der Waals surface area contributed by atoms with Gasteiger partial charge in [-0.3, -0.25) is 9.78 Å². The van der Waals surface area contributed by atoms with Gasteiger partial charge in [-0.1, -0.05) is 30.8 Å². The van der Waals surface area contributed by atoms with Crippen LogP contribution < -0.4 is 10.7 Å². The third kappa shape index (κ3) is 3.75. The second-order valence-corrected chi connectivity index (χ2v) is 7.76. The normalized spacial score (nSPS) is 12.1. The van der Waals surface area contributed by atoms with E-state index in [1.54, 1.807) is 37.3 Å². The molecule has 0 bridgehead atoms. The first-order valence-electron chi connectivity index (χ1n) is 9.00. The molecule has 0 fully saturated rings. The molecule has 2 aromatic heterocycles. The third-order valence-electron chi connectivity index (χ3n) is 4.43. The number of hydrogen-bond acceptors (Lipinski definition) is 6. The third-order valence-corrected chi connectivity index (χ3v) is 5.37. The van der Waals surface area contributed by atoms with Gasteiger partial charge in [0.05, 0.1) is 17.0 Å². The van der Waals surface area contributed by atoms with Crippen LogP contribution in [0.15, 0.2) is 44.6 Å². The molecule has 0 radical (unpaired) electrons. The summed E-state index contributed by atoms with van der Waals surface area (Å²) in [5.41, 5.74) is 2.89. The van der Waals surface area contributed by atoms with Crippen LogP contribution in [0.5, 0.6) is 0 Å². The quantitative estimate of drug-likeness (QED) is 0.577. The number of carboxylic acid groups (broad SMARTS) is 1. The van der Waals surface area contributed by atoms with Gasteiger partial charge in [-0.25, -0.2) is 4.79 Å². The highest BCUT2D eigenvalue weighted by Crippen LogP contribution is 2.30. The summed E-state index contributed by atoms with van der Waals surface area (Å²) < 4.78 is 6.08. The number of anilines is 1. The fourth-order valence-electron chi connectivity index (χ4n) is 3.08. The summed E-state index contributed by atoms with van der Waals surface area (Å²) in [5.74, 6) is -0.231. The Hall–Kier alpha value is -2.80. The van der Waals surface area contributed by atoms with Crippen LogP contribution in [0.2, 0.25) is 0 Å². The fourth-order valence-corrected chi connectivity index (χ4v) is 3.80.